The van der Waals surface area contributed by atoms with E-state index in [1.165, 1.54) is 49.4 Å². The van der Waals surface area contributed by atoms with Crippen molar-refractivity contribution in [1.82, 2.24) is 0 Å². The molecule has 128 valence electrons. The summed E-state index contributed by atoms with van der Waals surface area (Å²) >= 11 is 0. The van der Waals surface area contributed by atoms with Crippen LogP contribution < -0.4 is 0 Å². The molecule has 0 bridgehead atoms. The van der Waals surface area contributed by atoms with Crippen molar-refractivity contribution >= 4 is 21.5 Å². The third-order valence-corrected chi connectivity index (χ3v) is 5.30. The molecule has 5 aromatic carbocycles. The van der Waals surface area contributed by atoms with Crippen molar-refractivity contribution in [2.24, 2.45) is 0 Å². The Bertz CT molecular complexity index is 1260. The molecule has 0 aliphatic heterocycles. The third-order valence-electron chi connectivity index (χ3n) is 5.30. The van der Waals surface area contributed by atoms with Crippen LogP contribution in [0.4, 0.5) is 0 Å². The number of fused-ring (bicyclic) bond motifs is 2. The predicted octanol–water partition coefficient (Wildman–Crippen LogP) is 7.64. The van der Waals surface area contributed by atoms with Gasteiger partial charge >= 0.3 is 0 Å². The second-order valence-electron chi connectivity index (χ2n) is 7.20. The van der Waals surface area contributed by atoms with Gasteiger partial charge in [0.1, 0.15) is 0 Å². The SMILES string of the molecule is Cc1ccc2cc(-c3ccc(-c4ccc5ccccc5c4)cc3)ccc2c1. The molecule has 0 spiro atoms. The van der Waals surface area contributed by atoms with E-state index in [2.05, 4.69) is 110 Å². The molecular formula is C27H20. The summed E-state index contributed by atoms with van der Waals surface area (Å²) in [5, 5.41) is 5.15. The predicted molar refractivity (Wildman–Crippen MR) is 117 cm³/mol. The summed E-state index contributed by atoms with van der Waals surface area (Å²) < 4.78 is 0. The Balaban J connectivity index is 1.51. The Hall–Kier alpha value is -3.38. The molecule has 0 heterocycles. The smallest absolute Gasteiger partial charge is 0.0178 e. The molecule has 0 nitrogen and oxygen atoms in total. The molecule has 0 amide bonds. The lowest BCUT2D eigenvalue weighted by Gasteiger charge is -2.08. The normalized spacial score (nSPS) is 11.1. The minimum Gasteiger partial charge on any atom is -0.0616 e. The quantitative estimate of drug-likeness (QED) is 0.309. The molecule has 5 aromatic rings. The van der Waals surface area contributed by atoms with E-state index < -0.39 is 0 Å². The van der Waals surface area contributed by atoms with Crippen molar-refractivity contribution in [3.8, 4) is 22.3 Å². The first-order valence-corrected chi connectivity index (χ1v) is 9.36. The van der Waals surface area contributed by atoms with Gasteiger partial charge in [-0.05, 0) is 62.9 Å². The fourth-order valence-corrected chi connectivity index (χ4v) is 3.77. The minimum atomic E-state index is 1.25. The van der Waals surface area contributed by atoms with Crippen LogP contribution in [-0.4, -0.2) is 0 Å². The van der Waals surface area contributed by atoms with E-state index in [0.717, 1.165) is 0 Å². The van der Waals surface area contributed by atoms with Crippen LogP contribution in [0.5, 0.6) is 0 Å². The standard InChI is InChI=1S/C27H20/c1-19-6-7-27-18-26(15-14-24(27)16-19)22-10-8-21(9-11-22)25-13-12-20-4-2-3-5-23(20)17-25/h2-18H,1H3. The van der Waals surface area contributed by atoms with Crippen LogP contribution in [0.3, 0.4) is 0 Å². The summed E-state index contributed by atoms with van der Waals surface area (Å²) in [6, 6.07) is 37.4. The van der Waals surface area contributed by atoms with Gasteiger partial charge in [0.25, 0.3) is 0 Å². The first-order valence-electron chi connectivity index (χ1n) is 9.36. The lowest BCUT2D eigenvalue weighted by Crippen LogP contribution is -1.82. The molecule has 0 radical (unpaired) electrons. The maximum Gasteiger partial charge on any atom is -0.0178 e. The van der Waals surface area contributed by atoms with Crippen molar-refractivity contribution in [3.05, 3.63) is 109 Å². The minimum absolute atomic E-state index is 1.25. The number of hydrogen-bond donors (Lipinski definition) is 0. The van der Waals surface area contributed by atoms with Gasteiger partial charge in [-0.15, -0.1) is 0 Å². The van der Waals surface area contributed by atoms with Gasteiger partial charge in [0.2, 0.25) is 0 Å². The highest BCUT2D eigenvalue weighted by Gasteiger charge is 2.03. The Morgan fingerprint density at radius 3 is 1.48 bits per heavy atom. The van der Waals surface area contributed by atoms with E-state index in [0.29, 0.717) is 0 Å². The van der Waals surface area contributed by atoms with E-state index >= 15 is 0 Å². The largest absolute Gasteiger partial charge is 0.0616 e. The third kappa shape index (κ3) is 3.00. The van der Waals surface area contributed by atoms with Crippen molar-refractivity contribution in [2.45, 2.75) is 6.92 Å². The average molecular weight is 344 g/mol. The van der Waals surface area contributed by atoms with Crippen LogP contribution >= 0.6 is 0 Å². The van der Waals surface area contributed by atoms with Crippen LogP contribution in [0.25, 0.3) is 43.8 Å². The summed E-state index contributed by atoms with van der Waals surface area (Å²) in [5.41, 5.74) is 6.32. The van der Waals surface area contributed by atoms with Gasteiger partial charge < -0.3 is 0 Å². The monoisotopic (exact) mass is 344 g/mol. The lowest BCUT2D eigenvalue weighted by atomic mass is 9.97. The zero-order chi connectivity index (χ0) is 18.2. The fraction of sp³-hybridized carbons (Fsp3) is 0.0370. The summed E-state index contributed by atoms with van der Waals surface area (Å²) in [5.74, 6) is 0. The Morgan fingerprint density at radius 2 is 0.815 bits per heavy atom. The van der Waals surface area contributed by atoms with Crippen LogP contribution in [0, 0.1) is 6.92 Å². The Labute approximate surface area is 159 Å². The maximum atomic E-state index is 2.28. The van der Waals surface area contributed by atoms with Crippen LogP contribution in [-0.2, 0) is 0 Å². The fourth-order valence-electron chi connectivity index (χ4n) is 3.77. The van der Waals surface area contributed by atoms with Gasteiger partial charge in [-0.1, -0.05) is 96.6 Å². The van der Waals surface area contributed by atoms with Gasteiger partial charge in [0, 0.05) is 0 Å². The van der Waals surface area contributed by atoms with Gasteiger partial charge in [-0.3, -0.25) is 0 Å². The van der Waals surface area contributed by atoms with Crippen LogP contribution in [0.2, 0.25) is 0 Å². The summed E-state index contributed by atoms with van der Waals surface area (Å²) in [6.07, 6.45) is 0. The first-order chi connectivity index (χ1) is 13.3. The summed E-state index contributed by atoms with van der Waals surface area (Å²) in [6.45, 7) is 2.14. The number of aryl methyl sites for hydroxylation is 1. The maximum absolute atomic E-state index is 2.28. The zero-order valence-electron chi connectivity index (χ0n) is 15.3. The van der Waals surface area contributed by atoms with Crippen molar-refractivity contribution < 1.29 is 0 Å². The second kappa shape index (κ2) is 6.41. The van der Waals surface area contributed by atoms with Gasteiger partial charge in [-0.25, -0.2) is 0 Å². The number of rotatable bonds is 2. The molecule has 0 saturated heterocycles. The topological polar surface area (TPSA) is 0 Å². The molecular weight excluding hydrogens is 324 g/mol. The van der Waals surface area contributed by atoms with E-state index in [4.69, 9.17) is 0 Å². The Morgan fingerprint density at radius 1 is 0.370 bits per heavy atom. The average Bonchev–Trinajstić information content (AvgIpc) is 2.73. The van der Waals surface area contributed by atoms with Gasteiger partial charge in [0.05, 0.1) is 0 Å². The van der Waals surface area contributed by atoms with Crippen LogP contribution in [0.1, 0.15) is 5.56 Å². The molecule has 0 fully saturated rings. The molecule has 0 saturated carbocycles. The van der Waals surface area contributed by atoms with Gasteiger partial charge in [-0.2, -0.15) is 0 Å². The van der Waals surface area contributed by atoms with Crippen molar-refractivity contribution in [1.29, 1.82) is 0 Å². The molecule has 0 aliphatic carbocycles. The highest BCUT2D eigenvalue weighted by molar-refractivity contribution is 5.89. The molecule has 27 heavy (non-hydrogen) atoms. The summed E-state index contributed by atoms with van der Waals surface area (Å²) in [4.78, 5) is 0. The number of hydrogen-bond acceptors (Lipinski definition) is 0. The number of benzene rings is 5. The second-order valence-corrected chi connectivity index (χ2v) is 7.20. The highest BCUT2D eigenvalue weighted by Crippen LogP contribution is 2.29. The van der Waals surface area contributed by atoms with Crippen LogP contribution in [0.15, 0.2) is 103 Å². The Kier molecular flexibility index (Phi) is 3.76. The molecule has 5 rings (SSSR count). The first kappa shape index (κ1) is 15.8. The molecule has 0 atom stereocenters. The van der Waals surface area contributed by atoms with E-state index in [1.807, 2.05) is 0 Å². The van der Waals surface area contributed by atoms with Gasteiger partial charge in [0.15, 0.2) is 0 Å². The highest BCUT2D eigenvalue weighted by atomic mass is 14.1. The van der Waals surface area contributed by atoms with E-state index in [-0.39, 0.29) is 0 Å². The zero-order valence-corrected chi connectivity index (χ0v) is 15.3. The molecule has 0 heteroatoms. The van der Waals surface area contributed by atoms with E-state index in [1.54, 1.807) is 0 Å². The lowest BCUT2D eigenvalue weighted by molar-refractivity contribution is 1.50. The molecule has 0 aliphatic rings. The molecule has 0 aromatic heterocycles. The summed E-state index contributed by atoms with van der Waals surface area (Å²) in [7, 11) is 0. The van der Waals surface area contributed by atoms with E-state index in [9.17, 15) is 0 Å². The van der Waals surface area contributed by atoms with Crippen molar-refractivity contribution in [3.63, 3.8) is 0 Å². The molecule has 0 unspecified atom stereocenters. The van der Waals surface area contributed by atoms with Crippen molar-refractivity contribution in [2.75, 3.05) is 0 Å². The molecule has 0 N–H and O–H groups in total.